The zero-order valence-corrected chi connectivity index (χ0v) is 13.3. The number of imidazole rings is 1. The highest BCUT2D eigenvalue weighted by atomic mass is 19.1. The van der Waals surface area contributed by atoms with E-state index in [9.17, 15) is 9.18 Å². The van der Waals surface area contributed by atoms with Crippen molar-refractivity contribution in [2.75, 3.05) is 18.4 Å². The summed E-state index contributed by atoms with van der Waals surface area (Å²) in [6, 6.07) is 7.26. The van der Waals surface area contributed by atoms with Crippen LogP contribution in [0, 0.1) is 12.9 Å². The summed E-state index contributed by atoms with van der Waals surface area (Å²) in [5, 5.41) is 5.88. The number of carbonyl (C=O) groups excluding carboxylic acids is 1. The van der Waals surface area contributed by atoms with Crippen LogP contribution in [0.2, 0.25) is 0 Å². The van der Waals surface area contributed by atoms with E-state index in [1.165, 1.54) is 4.40 Å². The fourth-order valence-electron chi connectivity index (χ4n) is 2.34. The Kier molecular flexibility index (Phi) is 4.69. The van der Waals surface area contributed by atoms with E-state index in [2.05, 4.69) is 20.6 Å². The average Bonchev–Trinajstić information content (AvgIpc) is 2.91. The molecule has 0 saturated heterocycles. The molecule has 3 heterocycles. The Balaban J connectivity index is 1.53. The van der Waals surface area contributed by atoms with Crippen molar-refractivity contribution in [1.82, 2.24) is 19.7 Å². The number of fused-ring (bicyclic) bond motifs is 1. The average molecular weight is 327 g/mol. The van der Waals surface area contributed by atoms with Crippen LogP contribution >= 0.6 is 0 Å². The van der Waals surface area contributed by atoms with Crippen LogP contribution in [0.4, 0.5) is 10.1 Å². The quantitative estimate of drug-likeness (QED) is 0.682. The summed E-state index contributed by atoms with van der Waals surface area (Å²) >= 11 is 0. The number of amides is 1. The number of rotatable bonds is 6. The lowest BCUT2D eigenvalue weighted by atomic mass is 10.3. The molecular formula is C17H18FN5O. The monoisotopic (exact) mass is 327 g/mol. The van der Waals surface area contributed by atoms with Gasteiger partial charge in [0.05, 0.1) is 5.69 Å². The largest absolute Gasteiger partial charge is 0.384 e. The highest BCUT2D eigenvalue weighted by molar-refractivity contribution is 5.93. The second kappa shape index (κ2) is 7.08. The maximum atomic E-state index is 14.2. The van der Waals surface area contributed by atoms with Gasteiger partial charge in [-0.05, 0) is 43.2 Å². The molecule has 0 aliphatic rings. The van der Waals surface area contributed by atoms with Gasteiger partial charge in [0.2, 0.25) is 5.95 Å². The Morgan fingerprint density at radius 2 is 2.21 bits per heavy atom. The first-order valence-corrected chi connectivity index (χ1v) is 7.71. The first kappa shape index (κ1) is 15.9. The van der Waals surface area contributed by atoms with E-state index in [1.54, 1.807) is 30.7 Å². The van der Waals surface area contributed by atoms with Crippen molar-refractivity contribution in [1.29, 1.82) is 0 Å². The summed E-state index contributed by atoms with van der Waals surface area (Å²) in [6.45, 7) is 3.00. The van der Waals surface area contributed by atoms with Gasteiger partial charge < -0.3 is 10.6 Å². The molecule has 0 saturated carbocycles. The molecule has 3 aromatic heterocycles. The second-order valence-electron chi connectivity index (χ2n) is 5.46. The number of aromatic nitrogens is 3. The Labute approximate surface area is 138 Å². The number of nitrogens with zero attached hydrogens (tertiary/aromatic N) is 3. The van der Waals surface area contributed by atoms with Gasteiger partial charge in [0.15, 0.2) is 5.69 Å². The van der Waals surface area contributed by atoms with Crippen LogP contribution in [-0.2, 0) is 0 Å². The molecule has 2 N–H and O–H groups in total. The van der Waals surface area contributed by atoms with Gasteiger partial charge in [-0.25, -0.2) is 4.98 Å². The molecule has 0 atom stereocenters. The van der Waals surface area contributed by atoms with Crippen LogP contribution in [0.3, 0.4) is 0 Å². The minimum Gasteiger partial charge on any atom is -0.384 e. The van der Waals surface area contributed by atoms with Crippen LogP contribution in [0.15, 0.2) is 42.9 Å². The third-order valence-corrected chi connectivity index (χ3v) is 3.57. The summed E-state index contributed by atoms with van der Waals surface area (Å²) < 4.78 is 15.5. The van der Waals surface area contributed by atoms with Crippen LogP contribution < -0.4 is 10.6 Å². The van der Waals surface area contributed by atoms with Crippen LogP contribution in [0.5, 0.6) is 0 Å². The summed E-state index contributed by atoms with van der Waals surface area (Å²) in [7, 11) is 0. The SMILES string of the molecule is Cc1ccn2c(F)c(C(=O)NCCCNc3cccnc3)nc2c1. The third-order valence-electron chi connectivity index (χ3n) is 3.57. The van der Waals surface area contributed by atoms with E-state index in [1.807, 2.05) is 19.1 Å². The van der Waals surface area contributed by atoms with Gasteiger partial charge >= 0.3 is 0 Å². The van der Waals surface area contributed by atoms with Gasteiger partial charge in [0, 0.05) is 31.7 Å². The number of halogens is 1. The van der Waals surface area contributed by atoms with E-state index in [0.717, 1.165) is 11.3 Å². The number of hydrogen-bond donors (Lipinski definition) is 2. The fraction of sp³-hybridized carbons (Fsp3) is 0.235. The molecule has 124 valence electrons. The molecule has 3 rings (SSSR count). The third kappa shape index (κ3) is 3.51. The van der Waals surface area contributed by atoms with E-state index in [-0.39, 0.29) is 5.69 Å². The van der Waals surface area contributed by atoms with Crippen molar-refractivity contribution in [3.8, 4) is 0 Å². The molecule has 0 aliphatic heterocycles. The predicted octanol–water partition coefficient (Wildman–Crippen LogP) is 2.41. The minimum atomic E-state index is -0.643. The molecule has 3 aromatic rings. The Bertz CT molecular complexity index is 847. The van der Waals surface area contributed by atoms with Crippen molar-refractivity contribution < 1.29 is 9.18 Å². The molecule has 0 radical (unpaired) electrons. The highest BCUT2D eigenvalue weighted by Crippen LogP contribution is 2.12. The fourth-order valence-corrected chi connectivity index (χ4v) is 2.34. The Morgan fingerprint density at radius 1 is 1.33 bits per heavy atom. The van der Waals surface area contributed by atoms with E-state index in [4.69, 9.17) is 0 Å². The van der Waals surface area contributed by atoms with Crippen molar-refractivity contribution in [2.24, 2.45) is 0 Å². The second-order valence-corrected chi connectivity index (χ2v) is 5.46. The van der Waals surface area contributed by atoms with Crippen LogP contribution in [-0.4, -0.2) is 33.4 Å². The Hall–Kier alpha value is -2.96. The summed E-state index contributed by atoms with van der Waals surface area (Å²) in [6.07, 6.45) is 5.71. The Morgan fingerprint density at radius 3 is 3.00 bits per heavy atom. The molecular weight excluding hydrogens is 309 g/mol. The van der Waals surface area contributed by atoms with E-state index in [0.29, 0.717) is 25.2 Å². The molecule has 0 spiro atoms. The zero-order chi connectivity index (χ0) is 16.9. The molecule has 0 aromatic carbocycles. The van der Waals surface area contributed by atoms with E-state index >= 15 is 0 Å². The van der Waals surface area contributed by atoms with Crippen molar-refractivity contribution in [3.05, 3.63) is 60.1 Å². The standard InChI is InChI=1S/C17H18FN5O/c1-12-5-9-23-14(10-12)22-15(16(23)18)17(24)21-8-3-7-20-13-4-2-6-19-11-13/h2,4-6,9-11,20H,3,7-8H2,1H3,(H,21,24). The first-order valence-electron chi connectivity index (χ1n) is 7.71. The van der Waals surface area contributed by atoms with Crippen LogP contribution in [0.25, 0.3) is 5.65 Å². The molecule has 0 unspecified atom stereocenters. The number of anilines is 1. The molecule has 6 nitrogen and oxygen atoms in total. The minimum absolute atomic E-state index is 0.180. The molecule has 1 amide bonds. The summed E-state index contributed by atoms with van der Waals surface area (Å²) in [5.41, 5.74) is 2.13. The van der Waals surface area contributed by atoms with Crippen molar-refractivity contribution in [3.63, 3.8) is 0 Å². The van der Waals surface area contributed by atoms with Gasteiger partial charge in [-0.3, -0.25) is 14.2 Å². The molecule has 0 fully saturated rings. The van der Waals surface area contributed by atoms with Gasteiger partial charge in [-0.15, -0.1) is 0 Å². The summed E-state index contributed by atoms with van der Waals surface area (Å²) in [5.74, 6) is -1.15. The topological polar surface area (TPSA) is 71.3 Å². The maximum Gasteiger partial charge on any atom is 0.274 e. The molecule has 24 heavy (non-hydrogen) atoms. The zero-order valence-electron chi connectivity index (χ0n) is 13.3. The lowest BCUT2D eigenvalue weighted by Crippen LogP contribution is -2.27. The molecule has 0 aliphatic carbocycles. The van der Waals surface area contributed by atoms with Gasteiger partial charge in [0.25, 0.3) is 5.91 Å². The van der Waals surface area contributed by atoms with Gasteiger partial charge in [-0.2, -0.15) is 4.39 Å². The van der Waals surface area contributed by atoms with Crippen LogP contribution in [0.1, 0.15) is 22.5 Å². The number of nitrogens with one attached hydrogen (secondary N) is 2. The van der Waals surface area contributed by atoms with Gasteiger partial charge in [0.1, 0.15) is 5.65 Å². The van der Waals surface area contributed by atoms with Crippen molar-refractivity contribution >= 4 is 17.2 Å². The number of hydrogen-bond acceptors (Lipinski definition) is 4. The van der Waals surface area contributed by atoms with Crippen molar-refractivity contribution in [2.45, 2.75) is 13.3 Å². The molecule has 7 heteroatoms. The number of carbonyl (C=O) groups is 1. The summed E-state index contributed by atoms with van der Waals surface area (Å²) in [4.78, 5) is 20.2. The van der Waals surface area contributed by atoms with E-state index < -0.39 is 11.9 Å². The number of aryl methyl sites for hydroxylation is 1. The molecule has 0 bridgehead atoms. The highest BCUT2D eigenvalue weighted by Gasteiger charge is 2.18. The lowest BCUT2D eigenvalue weighted by Gasteiger charge is -2.06. The first-order chi connectivity index (χ1) is 11.6. The maximum absolute atomic E-state index is 14.2. The predicted molar refractivity (Wildman–Crippen MR) is 89.6 cm³/mol. The number of pyridine rings is 2. The smallest absolute Gasteiger partial charge is 0.274 e. The lowest BCUT2D eigenvalue weighted by molar-refractivity contribution is 0.0944. The van der Waals surface area contributed by atoms with Gasteiger partial charge in [-0.1, -0.05) is 0 Å². The normalized spacial score (nSPS) is 10.8.